The molecule has 0 saturated heterocycles. The fraction of sp³-hybridized carbons (Fsp3) is 0.235. The Hall–Kier alpha value is -2.09. The zero-order chi connectivity index (χ0) is 12.8. The largest absolute Gasteiger partial charge is 0.465 e. The molecule has 2 nitrogen and oxygen atoms in total. The number of rotatable bonds is 2. The standard InChI is InChI=1S/C17H15NO/c1-3-7-14(8-4-1)17(15-9-5-2-6-10-15)16(11-12-16)18-13-19-17/h1-10,13H,11-12H2. The Morgan fingerprint density at radius 3 is 1.79 bits per heavy atom. The van der Waals surface area contributed by atoms with Gasteiger partial charge in [-0.2, -0.15) is 0 Å². The van der Waals surface area contributed by atoms with Gasteiger partial charge in [0.05, 0.1) is 0 Å². The van der Waals surface area contributed by atoms with Gasteiger partial charge in [-0.05, 0) is 12.8 Å². The van der Waals surface area contributed by atoms with Gasteiger partial charge in [-0.15, -0.1) is 0 Å². The number of hydrogen-bond donors (Lipinski definition) is 0. The van der Waals surface area contributed by atoms with Gasteiger partial charge in [0.15, 0.2) is 12.0 Å². The fourth-order valence-corrected chi connectivity index (χ4v) is 3.19. The average Bonchev–Trinajstić information content (AvgIpc) is 3.16. The zero-order valence-corrected chi connectivity index (χ0v) is 10.6. The van der Waals surface area contributed by atoms with Crippen LogP contribution in [0, 0.1) is 0 Å². The van der Waals surface area contributed by atoms with Crippen molar-refractivity contribution in [1.29, 1.82) is 0 Å². The Morgan fingerprint density at radius 1 is 0.789 bits per heavy atom. The summed E-state index contributed by atoms with van der Waals surface area (Å²) in [5.41, 5.74) is 1.86. The van der Waals surface area contributed by atoms with E-state index in [1.165, 1.54) is 11.1 Å². The van der Waals surface area contributed by atoms with Crippen LogP contribution in [0.2, 0.25) is 0 Å². The molecule has 4 rings (SSSR count). The number of benzene rings is 2. The maximum Gasteiger partial charge on any atom is 0.185 e. The van der Waals surface area contributed by atoms with Gasteiger partial charge in [-0.3, -0.25) is 0 Å². The van der Waals surface area contributed by atoms with Crippen LogP contribution in [0.5, 0.6) is 0 Å². The van der Waals surface area contributed by atoms with Gasteiger partial charge in [0, 0.05) is 11.1 Å². The molecule has 2 aliphatic rings. The lowest BCUT2D eigenvalue weighted by atomic mass is 9.78. The molecule has 2 aromatic carbocycles. The van der Waals surface area contributed by atoms with Crippen LogP contribution in [0.1, 0.15) is 24.0 Å². The topological polar surface area (TPSA) is 21.6 Å². The normalized spacial score (nSPS) is 21.3. The molecule has 19 heavy (non-hydrogen) atoms. The fourth-order valence-electron chi connectivity index (χ4n) is 3.19. The molecule has 0 aromatic heterocycles. The third-order valence-corrected chi connectivity index (χ3v) is 4.27. The summed E-state index contributed by atoms with van der Waals surface area (Å²) in [7, 11) is 0. The van der Waals surface area contributed by atoms with Crippen molar-refractivity contribution < 1.29 is 4.74 Å². The SMILES string of the molecule is C1=NC2(CC2)C(c2ccccc2)(c2ccccc2)O1. The molecular weight excluding hydrogens is 234 g/mol. The zero-order valence-electron chi connectivity index (χ0n) is 10.6. The van der Waals surface area contributed by atoms with Crippen LogP contribution >= 0.6 is 0 Å². The van der Waals surface area contributed by atoms with Crippen molar-refractivity contribution in [3.63, 3.8) is 0 Å². The van der Waals surface area contributed by atoms with Crippen LogP contribution in [-0.2, 0) is 10.3 Å². The van der Waals surface area contributed by atoms with E-state index in [0.29, 0.717) is 0 Å². The van der Waals surface area contributed by atoms with E-state index in [-0.39, 0.29) is 5.54 Å². The molecule has 1 heterocycles. The predicted molar refractivity (Wildman–Crippen MR) is 75.2 cm³/mol. The minimum absolute atomic E-state index is 0.0876. The van der Waals surface area contributed by atoms with Crippen LogP contribution in [0.4, 0.5) is 0 Å². The summed E-state index contributed by atoms with van der Waals surface area (Å²) in [4.78, 5) is 4.64. The Balaban J connectivity index is 1.95. The lowest BCUT2D eigenvalue weighted by Gasteiger charge is -2.34. The summed E-state index contributed by atoms with van der Waals surface area (Å²) in [6, 6.07) is 20.9. The van der Waals surface area contributed by atoms with Gasteiger partial charge in [0.2, 0.25) is 0 Å². The van der Waals surface area contributed by atoms with Crippen LogP contribution in [0.3, 0.4) is 0 Å². The molecule has 0 radical (unpaired) electrons. The molecule has 0 unspecified atom stereocenters. The van der Waals surface area contributed by atoms with Crippen molar-refractivity contribution in [2.75, 3.05) is 0 Å². The maximum atomic E-state index is 6.10. The molecule has 0 bridgehead atoms. The Kier molecular flexibility index (Phi) is 2.10. The molecule has 1 saturated carbocycles. The minimum atomic E-state index is -0.435. The molecular formula is C17H15NO. The molecule has 0 atom stereocenters. The minimum Gasteiger partial charge on any atom is -0.465 e. The molecule has 1 spiro atoms. The Morgan fingerprint density at radius 2 is 1.32 bits per heavy atom. The first-order chi connectivity index (χ1) is 9.37. The van der Waals surface area contributed by atoms with Gasteiger partial charge < -0.3 is 4.74 Å². The van der Waals surface area contributed by atoms with Crippen molar-refractivity contribution in [2.45, 2.75) is 24.0 Å². The van der Waals surface area contributed by atoms with Crippen molar-refractivity contribution in [2.24, 2.45) is 4.99 Å². The van der Waals surface area contributed by atoms with E-state index >= 15 is 0 Å². The highest BCUT2D eigenvalue weighted by molar-refractivity contribution is 5.61. The molecule has 1 fully saturated rings. The van der Waals surface area contributed by atoms with Crippen LogP contribution in [0.15, 0.2) is 65.7 Å². The maximum absolute atomic E-state index is 6.10. The van der Waals surface area contributed by atoms with E-state index in [2.05, 4.69) is 53.5 Å². The molecule has 2 aromatic rings. The highest BCUT2D eigenvalue weighted by Crippen LogP contribution is 2.60. The van der Waals surface area contributed by atoms with Gasteiger partial charge in [-0.25, -0.2) is 4.99 Å². The van der Waals surface area contributed by atoms with Gasteiger partial charge in [-0.1, -0.05) is 60.7 Å². The molecule has 0 N–H and O–H groups in total. The van der Waals surface area contributed by atoms with Crippen molar-refractivity contribution in [1.82, 2.24) is 0 Å². The molecule has 94 valence electrons. The Bertz CT molecular complexity index is 575. The van der Waals surface area contributed by atoms with E-state index in [0.717, 1.165) is 12.8 Å². The van der Waals surface area contributed by atoms with Crippen molar-refractivity contribution in [3.8, 4) is 0 Å². The lowest BCUT2D eigenvalue weighted by molar-refractivity contribution is 0.0943. The molecule has 2 heteroatoms. The molecule has 1 aliphatic carbocycles. The van der Waals surface area contributed by atoms with Crippen molar-refractivity contribution >= 4 is 6.40 Å². The number of hydrogen-bond acceptors (Lipinski definition) is 2. The first-order valence-electron chi connectivity index (χ1n) is 6.70. The van der Waals surface area contributed by atoms with E-state index in [1.54, 1.807) is 6.40 Å². The lowest BCUT2D eigenvalue weighted by Crippen LogP contribution is -2.40. The number of nitrogens with zero attached hydrogens (tertiary/aromatic N) is 1. The monoisotopic (exact) mass is 249 g/mol. The predicted octanol–water partition coefficient (Wildman–Crippen LogP) is 3.52. The van der Waals surface area contributed by atoms with E-state index < -0.39 is 5.60 Å². The van der Waals surface area contributed by atoms with Crippen LogP contribution < -0.4 is 0 Å². The van der Waals surface area contributed by atoms with E-state index in [9.17, 15) is 0 Å². The smallest absolute Gasteiger partial charge is 0.185 e. The molecule has 0 amide bonds. The first-order valence-corrected chi connectivity index (χ1v) is 6.70. The second kappa shape index (κ2) is 3.70. The summed E-state index contributed by atoms with van der Waals surface area (Å²) >= 11 is 0. The number of aliphatic imine (C=N–C) groups is 1. The first kappa shape index (κ1) is 10.8. The summed E-state index contributed by atoms with van der Waals surface area (Å²) in [6.45, 7) is 0. The Labute approximate surface area is 112 Å². The highest BCUT2D eigenvalue weighted by atomic mass is 16.5. The second-order valence-electron chi connectivity index (χ2n) is 5.30. The molecule has 1 aliphatic heterocycles. The number of ether oxygens (including phenoxy) is 1. The summed E-state index contributed by atoms with van der Waals surface area (Å²) in [6.07, 6.45) is 3.83. The summed E-state index contributed by atoms with van der Waals surface area (Å²) in [5.74, 6) is 0. The second-order valence-corrected chi connectivity index (χ2v) is 5.30. The van der Waals surface area contributed by atoms with E-state index in [4.69, 9.17) is 4.74 Å². The van der Waals surface area contributed by atoms with Gasteiger partial charge in [0.25, 0.3) is 0 Å². The summed E-state index contributed by atoms with van der Waals surface area (Å²) in [5, 5.41) is 0. The van der Waals surface area contributed by atoms with Gasteiger partial charge >= 0.3 is 0 Å². The van der Waals surface area contributed by atoms with Crippen LogP contribution in [-0.4, -0.2) is 11.9 Å². The van der Waals surface area contributed by atoms with Crippen molar-refractivity contribution in [3.05, 3.63) is 71.8 Å². The average molecular weight is 249 g/mol. The van der Waals surface area contributed by atoms with Crippen LogP contribution in [0.25, 0.3) is 0 Å². The quantitative estimate of drug-likeness (QED) is 0.798. The third-order valence-electron chi connectivity index (χ3n) is 4.27. The summed E-state index contributed by atoms with van der Waals surface area (Å²) < 4.78 is 6.10. The van der Waals surface area contributed by atoms with E-state index in [1.807, 2.05) is 12.1 Å². The highest BCUT2D eigenvalue weighted by Gasteiger charge is 2.65. The van der Waals surface area contributed by atoms with Gasteiger partial charge in [0.1, 0.15) is 5.54 Å². The third kappa shape index (κ3) is 1.34.